The highest BCUT2D eigenvalue weighted by Crippen LogP contribution is 2.36. The van der Waals surface area contributed by atoms with Crippen LogP contribution in [-0.2, 0) is 14.3 Å². The van der Waals surface area contributed by atoms with Crippen molar-refractivity contribution in [1.82, 2.24) is 4.90 Å². The fourth-order valence-corrected chi connectivity index (χ4v) is 4.81. The SMILES string of the molecule is CC(C)(C)SCCN1C(=O)CSC1C1=COC=C(C2=CC=CCC2)O1. The molecular formula is C19H25NO3S2. The van der Waals surface area contributed by atoms with Crippen LogP contribution in [0.15, 0.2) is 47.8 Å². The summed E-state index contributed by atoms with van der Waals surface area (Å²) in [5, 5.41) is -0.100. The molecule has 2 aliphatic heterocycles. The maximum Gasteiger partial charge on any atom is 0.233 e. The second-order valence-electron chi connectivity index (χ2n) is 7.11. The van der Waals surface area contributed by atoms with Gasteiger partial charge in [0.1, 0.15) is 17.9 Å². The zero-order valence-electron chi connectivity index (χ0n) is 15.0. The van der Waals surface area contributed by atoms with E-state index in [-0.39, 0.29) is 16.0 Å². The van der Waals surface area contributed by atoms with Crippen LogP contribution in [0.25, 0.3) is 0 Å². The topological polar surface area (TPSA) is 38.8 Å². The Labute approximate surface area is 158 Å². The Morgan fingerprint density at radius 3 is 2.92 bits per heavy atom. The molecule has 2 heterocycles. The largest absolute Gasteiger partial charge is 0.465 e. The Kier molecular flexibility index (Phi) is 5.89. The summed E-state index contributed by atoms with van der Waals surface area (Å²) in [6.07, 6.45) is 11.5. The van der Waals surface area contributed by atoms with Gasteiger partial charge in [-0.25, -0.2) is 0 Å². The molecule has 1 atom stereocenters. The normalized spacial score (nSPS) is 23.6. The Hall–Kier alpha value is -1.27. The highest BCUT2D eigenvalue weighted by molar-refractivity contribution is 8.01. The van der Waals surface area contributed by atoms with Crippen molar-refractivity contribution >= 4 is 29.4 Å². The Bertz CT molecular complexity index is 644. The smallest absolute Gasteiger partial charge is 0.233 e. The third-order valence-electron chi connectivity index (χ3n) is 4.00. The van der Waals surface area contributed by atoms with E-state index in [1.807, 2.05) is 22.7 Å². The number of hydrogen-bond acceptors (Lipinski definition) is 5. The van der Waals surface area contributed by atoms with E-state index in [9.17, 15) is 4.79 Å². The molecule has 1 saturated heterocycles. The second kappa shape index (κ2) is 7.96. The molecule has 0 radical (unpaired) electrons. The van der Waals surface area contributed by atoms with Gasteiger partial charge in [-0.3, -0.25) is 4.79 Å². The van der Waals surface area contributed by atoms with Gasteiger partial charge in [0.2, 0.25) is 5.91 Å². The van der Waals surface area contributed by atoms with E-state index < -0.39 is 0 Å². The van der Waals surface area contributed by atoms with Crippen molar-refractivity contribution in [2.75, 3.05) is 18.1 Å². The molecule has 0 aromatic rings. The quantitative estimate of drug-likeness (QED) is 0.707. The Balaban J connectivity index is 1.63. The molecular weight excluding hydrogens is 354 g/mol. The zero-order chi connectivity index (χ0) is 17.9. The van der Waals surface area contributed by atoms with Crippen molar-refractivity contribution in [2.24, 2.45) is 0 Å². The molecule has 4 nitrogen and oxygen atoms in total. The van der Waals surface area contributed by atoms with Crippen molar-refractivity contribution in [3.8, 4) is 0 Å². The van der Waals surface area contributed by atoms with Crippen LogP contribution in [0.5, 0.6) is 0 Å². The van der Waals surface area contributed by atoms with Gasteiger partial charge in [-0.15, -0.1) is 11.8 Å². The number of ether oxygens (including phenoxy) is 2. The van der Waals surface area contributed by atoms with E-state index in [1.54, 1.807) is 24.3 Å². The van der Waals surface area contributed by atoms with Crippen molar-refractivity contribution in [2.45, 2.75) is 43.7 Å². The molecule has 0 aromatic carbocycles. The van der Waals surface area contributed by atoms with Crippen LogP contribution in [0.2, 0.25) is 0 Å². The summed E-state index contributed by atoms with van der Waals surface area (Å²) in [4.78, 5) is 14.2. The monoisotopic (exact) mass is 379 g/mol. The molecule has 0 bridgehead atoms. The average molecular weight is 380 g/mol. The molecule has 1 unspecified atom stereocenters. The lowest BCUT2D eigenvalue weighted by Crippen LogP contribution is -2.37. The fourth-order valence-electron chi connectivity index (χ4n) is 2.78. The second-order valence-corrected chi connectivity index (χ2v) is 10.1. The highest BCUT2D eigenvalue weighted by atomic mass is 32.2. The van der Waals surface area contributed by atoms with Gasteiger partial charge in [0.25, 0.3) is 0 Å². The van der Waals surface area contributed by atoms with Gasteiger partial charge in [0, 0.05) is 17.0 Å². The lowest BCUT2D eigenvalue weighted by atomic mass is 10.0. The minimum absolute atomic E-state index is 0.100. The van der Waals surface area contributed by atoms with Crippen molar-refractivity contribution in [1.29, 1.82) is 0 Å². The Morgan fingerprint density at radius 2 is 2.20 bits per heavy atom. The third kappa shape index (κ3) is 4.88. The maximum atomic E-state index is 12.3. The van der Waals surface area contributed by atoms with E-state index >= 15 is 0 Å². The van der Waals surface area contributed by atoms with Crippen molar-refractivity contribution < 1.29 is 14.3 Å². The first-order valence-electron chi connectivity index (χ1n) is 8.59. The summed E-state index contributed by atoms with van der Waals surface area (Å²) in [6.45, 7) is 7.31. The van der Waals surface area contributed by atoms with Crippen LogP contribution in [0, 0.1) is 0 Å². The number of rotatable bonds is 5. The van der Waals surface area contributed by atoms with E-state index in [1.165, 1.54) is 0 Å². The number of carbonyl (C=O) groups is 1. The van der Waals surface area contributed by atoms with E-state index in [0.29, 0.717) is 11.5 Å². The summed E-state index contributed by atoms with van der Waals surface area (Å²) in [6, 6.07) is 0. The molecule has 3 aliphatic rings. The number of nitrogens with zero attached hydrogens (tertiary/aromatic N) is 1. The van der Waals surface area contributed by atoms with Crippen molar-refractivity contribution in [3.05, 3.63) is 47.8 Å². The van der Waals surface area contributed by atoms with Crippen LogP contribution >= 0.6 is 23.5 Å². The van der Waals surface area contributed by atoms with Gasteiger partial charge in [0.15, 0.2) is 11.5 Å². The minimum atomic E-state index is -0.100. The first-order chi connectivity index (χ1) is 11.9. The summed E-state index contributed by atoms with van der Waals surface area (Å²) in [7, 11) is 0. The van der Waals surface area contributed by atoms with Crippen LogP contribution in [0.1, 0.15) is 33.6 Å². The van der Waals surface area contributed by atoms with Gasteiger partial charge in [0.05, 0.1) is 5.75 Å². The standard InChI is InChI=1S/C19H25NO3S2/c1-19(2,3)25-10-9-20-17(21)13-24-18(20)16-12-22-11-15(23-16)14-7-5-4-6-8-14/h4-5,7,11-12,18H,6,8-10,13H2,1-3H3. The van der Waals surface area contributed by atoms with Crippen LogP contribution in [0.4, 0.5) is 0 Å². The summed E-state index contributed by atoms with van der Waals surface area (Å²) >= 11 is 3.48. The number of amides is 1. The summed E-state index contributed by atoms with van der Waals surface area (Å²) < 4.78 is 11.8. The van der Waals surface area contributed by atoms with Gasteiger partial charge < -0.3 is 14.4 Å². The number of carbonyl (C=O) groups excluding carboxylic acids is 1. The molecule has 1 amide bonds. The van der Waals surface area contributed by atoms with Crippen LogP contribution in [0.3, 0.4) is 0 Å². The van der Waals surface area contributed by atoms with E-state index in [2.05, 4.69) is 32.9 Å². The molecule has 136 valence electrons. The predicted octanol–water partition coefficient (Wildman–Crippen LogP) is 4.43. The zero-order valence-corrected chi connectivity index (χ0v) is 16.6. The molecule has 0 saturated carbocycles. The molecule has 1 fully saturated rings. The lowest BCUT2D eigenvalue weighted by molar-refractivity contribution is -0.127. The highest BCUT2D eigenvalue weighted by Gasteiger charge is 2.37. The summed E-state index contributed by atoms with van der Waals surface area (Å²) in [5.41, 5.74) is 1.14. The average Bonchev–Trinajstić information content (AvgIpc) is 2.96. The van der Waals surface area contributed by atoms with E-state index in [4.69, 9.17) is 9.47 Å². The van der Waals surface area contributed by atoms with Crippen LogP contribution < -0.4 is 0 Å². The fraction of sp³-hybridized carbons (Fsp3) is 0.526. The number of allylic oxidation sites excluding steroid dienone is 4. The van der Waals surface area contributed by atoms with Gasteiger partial charge >= 0.3 is 0 Å². The number of hydrogen-bond donors (Lipinski definition) is 0. The molecule has 0 spiro atoms. The molecule has 0 N–H and O–H groups in total. The first-order valence-corrected chi connectivity index (χ1v) is 10.6. The van der Waals surface area contributed by atoms with E-state index in [0.717, 1.165) is 36.5 Å². The molecule has 6 heteroatoms. The minimum Gasteiger partial charge on any atom is -0.465 e. The maximum absolute atomic E-state index is 12.3. The van der Waals surface area contributed by atoms with Crippen LogP contribution in [-0.4, -0.2) is 39.0 Å². The third-order valence-corrected chi connectivity index (χ3v) is 6.47. The molecule has 25 heavy (non-hydrogen) atoms. The van der Waals surface area contributed by atoms with Gasteiger partial charge in [-0.2, -0.15) is 11.8 Å². The number of thioether (sulfide) groups is 2. The van der Waals surface area contributed by atoms with Gasteiger partial charge in [-0.1, -0.05) is 39.0 Å². The molecule has 3 rings (SSSR count). The van der Waals surface area contributed by atoms with Crippen molar-refractivity contribution in [3.63, 3.8) is 0 Å². The summed E-state index contributed by atoms with van der Waals surface area (Å²) in [5.74, 6) is 3.05. The first kappa shape index (κ1) is 18.5. The Morgan fingerprint density at radius 1 is 1.36 bits per heavy atom. The molecule has 0 aromatic heterocycles. The van der Waals surface area contributed by atoms with Gasteiger partial charge in [-0.05, 0) is 18.4 Å². The molecule has 1 aliphatic carbocycles. The lowest BCUT2D eigenvalue weighted by Gasteiger charge is -2.29. The predicted molar refractivity (Wildman–Crippen MR) is 105 cm³/mol.